The Morgan fingerprint density at radius 1 is 1.27 bits per heavy atom. The van der Waals surface area contributed by atoms with Crippen molar-refractivity contribution in [2.75, 3.05) is 12.5 Å². The first-order valence-electron chi connectivity index (χ1n) is 5.79. The molecule has 0 heterocycles. The van der Waals surface area contributed by atoms with E-state index in [0.29, 0.717) is 6.42 Å². The first-order chi connectivity index (χ1) is 6.97. The van der Waals surface area contributed by atoms with E-state index in [1.165, 1.54) is 37.5 Å². The zero-order chi connectivity index (χ0) is 11.3. The van der Waals surface area contributed by atoms with E-state index in [2.05, 4.69) is 0 Å². The number of hydrogen-bond donors (Lipinski definition) is 0. The lowest BCUT2D eigenvalue weighted by molar-refractivity contribution is -0.112. The van der Waals surface area contributed by atoms with Crippen LogP contribution >= 0.6 is 0 Å². The molecule has 0 aromatic rings. The number of carbonyl (C=O) groups is 1. The van der Waals surface area contributed by atoms with Gasteiger partial charge >= 0.3 is 0 Å². The molecule has 0 unspecified atom stereocenters. The molecule has 0 amide bonds. The summed E-state index contributed by atoms with van der Waals surface area (Å²) in [7, 11) is -2.00. The van der Waals surface area contributed by atoms with Gasteiger partial charge in [0, 0.05) is 24.3 Å². The smallest absolute Gasteiger partial charge is 0.163 e. The lowest BCUT2D eigenvalue weighted by Crippen LogP contribution is -2.12. The second-order valence-corrected chi connectivity index (χ2v) is 7.79. The molecule has 0 atom stereocenters. The summed E-state index contributed by atoms with van der Waals surface area (Å²) in [5.41, 5.74) is 0. The van der Waals surface area contributed by atoms with Gasteiger partial charge in [0.1, 0.15) is 0 Å². The van der Waals surface area contributed by atoms with E-state index < -0.39 is 9.52 Å². The van der Waals surface area contributed by atoms with Gasteiger partial charge in [-0.05, 0) is 21.9 Å². The maximum absolute atomic E-state index is 11.5. The molecule has 0 bridgehead atoms. The largest absolute Gasteiger partial charge is 0.294 e. The minimum atomic E-state index is -2.00. The summed E-state index contributed by atoms with van der Waals surface area (Å²) in [5.74, 6) is 0.802. The van der Waals surface area contributed by atoms with Crippen molar-refractivity contribution in [3.63, 3.8) is 0 Å². The van der Waals surface area contributed by atoms with Crippen LogP contribution in [0, 0.1) is 5.92 Å². The van der Waals surface area contributed by atoms with Gasteiger partial charge in [0.25, 0.3) is 0 Å². The van der Waals surface area contributed by atoms with Crippen LogP contribution in [0.3, 0.4) is 0 Å². The Labute approximate surface area is 93.5 Å². The van der Waals surface area contributed by atoms with Crippen LogP contribution in [-0.4, -0.2) is 27.9 Å². The van der Waals surface area contributed by atoms with Crippen LogP contribution in [0.15, 0.2) is 0 Å². The molecule has 15 heavy (non-hydrogen) atoms. The van der Waals surface area contributed by atoms with Crippen LogP contribution in [-0.2, 0) is 14.3 Å². The summed E-state index contributed by atoms with van der Waals surface area (Å²) in [6.07, 6.45) is 11.4. The van der Waals surface area contributed by atoms with Crippen LogP contribution in [0.25, 0.3) is 0 Å². The Morgan fingerprint density at radius 2 is 1.87 bits per heavy atom. The average Bonchev–Trinajstić information content (AvgIpc) is 2.14. The van der Waals surface area contributed by atoms with Crippen LogP contribution in [0.1, 0.15) is 44.9 Å². The van der Waals surface area contributed by atoms with E-state index in [-0.39, 0.29) is 5.78 Å². The molecule has 1 aliphatic rings. The van der Waals surface area contributed by atoms with Crippen LogP contribution in [0.2, 0.25) is 0 Å². The van der Waals surface area contributed by atoms with E-state index in [4.69, 9.17) is 0 Å². The molecular weight excluding hydrogens is 208 g/mol. The third kappa shape index (κ3) is 5.98. The van der Waals surface area contributed by atoms with E-state index in [0.717, 1.165) is 12.3 Å². The summed E-state index contributed by atoms with van der Waals surface area (Å²) in [4.78, 5) is 11.5. The fourth-order valence-corrected chi connectivity index (χ4v) is 2.95. The molecule has 0 spiro atoms. The fraction of sp³-hybridized carbons (Fsp3) is 0.833. The summed E-state index contributed by atoms with van der Waals surface area (Å²) >= 11 is 0. The maximum Gasteiger partial charge on any atom is 0.163 e. The molecule has 0 aromatic carbocycles. The minimum absolute atomic E-state index is 0.0653. The topological polar surface area (TPSA) is 34.1 Å². The summed E-state index contributed by atoms with van der Waals surface area (Å²) in [5, 5.41) is 1.41. The Balaban J connectivity index is 2.30. The summed E-state index contributed by atoms with van der Waals surface area (Å²) < 4.78 is 11.4. The van der Waals surface area contributed by atoms with Crippen molar-refractivity contribution in [1.82, 2.24) is 0 Å². The molecule has 1 saturated carbocycles. The third-order valence-corrected chi connectivity index (χ3v) is 3.77. The van der Waals surface area contributed by atoms with Crippen LogP contribution in [0.5, 0.6) is 0 Å². The van der Waals surface area contributed by atoms with Gasteiger partial charge in [-0.1, -0.05) is 32.1 Å². The van der Waals surface area contributed by atoms with Gasteiger partial charge in [-0.2, -0.15) is 0 Å². The zero-order valence-electron chi connectivity index (χ0n) is 9.83. The number of rotatable bonds is 4. The van der Waals surface area contributed by atoms with Gasteiger partial charge in [0.2, 0.25) is 0 Å². The lowest BCUT2D eigenvalue weighted by atomic mass is 9.86. The quantitative estimate of drug-likeness (QED) is 0.694. The highest BCUT2D eigenvalue weighted by Gasteiger charge is 2.14. The van der Waals surface area contributed by atoms with Gasteiger partial charge in [0.05, 0.1) is 0 Å². The number of carbonyl (C=O) groups excluding carboxylic acids is 1. The third-order valence-electron chi connectivity index (χ3n) is 2.94. The zero-order valence-corrected chi connectivity index (χ0v) is 10.6. The highest BCUT2D eigenvalue weighted by Crippen LogP contribution is 2.27. The Kier molecular flexibility index (Phi) is 4.84. The Bertz CT molecular complexity index is 311. The summed E-state index contributed by atoms with van der Waals surface area (Å²) in [6.45, 7) is 0. The first-order valence-corrected chi connectivity index (χ1v) is 8.23. The molecule has 1 fully saturated rings. The predicted molar refractivity (Wildman–Crippen MR) is 66.9 cm³/mol. The van der Waals surface area contributed by atoms with Crippen molar-refractivity contribution in [3.05, 3.63) is 0 Å². The van der Waals surface area contributed by atoms with Crippen molar-refractivity contribution in [2.45, 2.75) is 44.9 Å². The molecule has 0 radical (unpaired) electrons. The maximum atomic E-state index is 11.5. The Hall–Kier alpha value is -0.310. The van der Waals surface area contributed by atoms with Gasteiger partial charge in [0.15, 0.2) is 5.78 Å². The monoisotopic (exact) mass is 230 g/mol. The van der Waals surface area contributed by atoms with Gasteiger partial charge in [-0.3, -0.25) is 9.00 Å². The number of ketones is 1. The summed E-state index contributed by atoms with van der Waals surface area (Å²) in [6, 6.07) is 0. The van der Waals surface area contributed by atoms with Crippen molar-refractivity contribution in [2.24, 2.45) is 5.92 Å². The number of hydrogen-bond acceptors (Lipinski definition) is 2. The Morgan fingerprint density at radius 3 is 2.40 bits per heavy atom. The van der Waals surface area contributed by atoms with Crippen molar-refractivity contribution in [1.29, 1.82) is 0 Å². The molecule has 0 saturated heterocycles. The van der Waals surface area contributed by atoms with E-state index >= 15 is 0 Å². The predicted octanol–water partition coefficient (Wildman–Crippen LogP) is 2.26. The fourth-order valence-electron chi connectivity index (χ4n) is 2.20. The molecular formula is C12H22O2S. The van der Waals surface area contributed by atoms with Gasteiger partial charge in [-0.15, -0.1) is 0 Å². The standard InChI is InChI=1S/C12H22O2S/c1-15(2,14)10-12(13)9-8-11-6-4-3-5-7-11/h10-11H,3-9H2,1-2H3. The van der Waals surface area contributed by atoms with Crippen molar-refractivity contribution < 1.29 is 9.00 Å². The van der Waals surface area contributed by atoms with Gasteiger partial charge < -0.3 is 0 Å². The minimum Gasteiger partial charge on any atom is -0.294 e. The van der Waals surface area contributed by atoms with Crippen LogP contribution < -0.4 is 0 Å². The highest BCUT2D eigenvalue weighted by molar-refractivity contribution is 8.01. The van der Waals surface area contributed by atoms with E-state index in [9.17, 15) is 9.00 Å². The van der Waals surface area contributed by atoms with Crippen molar-refractivity contribution >= 4 is 20.7 Å². The molecule has 0 aromatic heterocycles. The molecule has 0 aliphatic heterocycles. The highest BCUT2D eigenvalue weighted by atomic mass is 32.2. The van der Waals surface area contributed by atoms with Gasteiger partial charge in [-0.25, -0.2) is 0 Å². The normalized spacial score (nSPS) is 18.8. The molecule has 1 rings (SSSR count). The first kappa shape index (κ1) is 12.8. The molecule has 2 nitrogen and oxygen atoms in total. The molecule has 0 N–H and O–H groups in total. The van der Waals surface area contributed by atoms with E-state index in [1.807, 2.05) is 0 Å². The second kappa shape index (κ2) is 5.69. The second-order valence-electron chi connectivity index (χ2n) is 4.94. The lowest BCUT2D eigenvalue weighted by Gasteiger charge is -2.20. The molecule has 3 heteroatoms. The molecule has 1 aliphatic carbocycles. The van der Waals surface area contributed by atoms with Crippen molar-refractivity contribution in [3.8, 4) is 0 Å². The average molecular weight is 230 g/mol. The van der Waals surface area contributed by atoms with E-state index in [1.54, 1.807) is 12.5 Å². The number of Topliss-reactive ketones (excluding diaryl/α,β-unsaturated/α-hetero) is 1. The molecule has 88 valence electrons. The SMILES string of the molecule is CS(C)(=O)=CC(=O)CCC1CCCCC1. The van der Waals surface area contributed by atoms with Crippen LogP contribution in [0.4, 0.5) is 0 Å².